The Kier molecular flexibility index (Phi) is 4.10. The lowest BCUT2D eigenvalue weighted by atomic mass is 10.1. The largest absolute Gasteiger partial charge is 0.389 e. The molecule has 0 saturated carbocycles. The predicted molar refractivity (Wildman–Crippen MR) is 79.6 cm³/mol. The molecule has 0 aliphatic carbocycles. The van der Waals surface area contributed by atoms with E-state index in [4.69, 9.17) is 34.3 Å². The molecule has 1 aromatic carbocycles. The Hall–Kier alpha value is -0.840. The average molecular weight is 285 g/mol. The zero-order valence-electron chi connectivity index (χ0n) is 10.5. The van der Waals surface area contributed by atoms with Gasteiger partial charge in [0, 0.05) is 19.2 Å². The number of hydrogen-bond acceptors (Lipinski definition) is 3. The number of halogens is 1. The molecule has 2 N–H and O–H groups in total. The van der Waals surface area contributed by atoms with Gasteiger partial charge in [0.2, 0.25) is 0 Å². The van der Waals surface area contributed by atoms with E-state index < -0.39 is 0 Å². The monoisotopic (exact) mass is 284 g/mol. The lowest BCUT2D eigenvalue weighted by Crippen LogP contribution is -2.36. The normalized spacial score (nSPS) is 23.1. The third-order valence-electron chi connectivity index (χ3n) is 3.45. The molecule has 0 amide bonds. The first-order valence-electron chi connectivity index (χ1n) is 5.94. The molecule has 2 unspecified atom stereocenters. The van der Waals surface area contributed by atoms with E-state index in [0.717, 1.165) is 24.3 Å². The minimum Gasteiger partial charge on any atom is -0.389 e. The first-order valence-corrected chi connectivity index (χ1v) is 6.73. The van der Waals surface area contributed by atoms with Crippen molar-refractivity contribution in [1.82, 2.24) is 0 Å². The molecule has 0 spiro atoms. The fraction of sp³-hybridized carbons (Fsp3) is 0.462. The van der Waals surface area contributed by atoms with Crippen LogP contribution in [0.2, 0.25) is 5.02 Å². The summed E-state index contributed by atoms with van der Waals surface area (Å²) in [4.78, 5) is 2.53. The number of anilines is 1. The summed E-state index contributed by atoms with van der Waals surface area (Å²) in [6.07, 6.45) is 1.24. The van der Waals surface area contributed by atoms with Crippen LogP contribution in [-0.2, 0) is 4.74 Å². The molecular weight excluding hydrogens is 268 g/mol. The van der Waals surface area contributed by atoms with Gasteiger partial charge < -0.3 is 15.4 Å². The van der Waals surface area contributed by atoms with Crippen molar-refractivity contribution in [3.05, 3.63) is 28.8 Å². The Bertz CT molecular complexity index is 466. The van der Waals surface area contributed by atoms with Crippen LogP contribution in [0.3, 0.4) is 0 Å². The van der Waals surface area contributed by atoms with Gasteiger partial charge in [-0.2, -0.15) is 0 Å². The summed E-state index contributed by atoms with van der Waals surface area (Å²) >= 11 is 11.2. The molecule has 0 aromatic heterocycles. The van der Waals surface area contributed by atoms with Gasteiger partial charge in [-0.3, -0.25) is 0 Å². The van der Waals surface area contributed by atoms with E-state index in [1.807, 2.05) is 25.2 Å². The molecule has 98 valence electrons. The molecule has 0 bridgehead atoms. The molecule has 2 atom stereocenters. The smallest absolute Gasteiger partial charge is 0.104 e. The van der Waals surface area contributed by atoms with Crippen molar-refractivity contribution in [1.29, 1.82) is 0 Å². The molecule has 1 heterocycles. The van der Waals surface area contributed by atoms with Crippen molar-refractivity contribution >= 4 is 34.5 Å². The maximum absolute atomic E-state index is 6.30. The lowest BCUT2D eigenvalue weighted by molar-refractivity contribution is 0.118. The lowest BCUT2D eigenvalue weighted by Gasteiger charge is -2.29. The highest BCUT2D eigenvalue weighted by Crippen LogP contribution is 2.31. The molecular formula is C13H17ClN2OS. The molecule has 1 saturated heterocycles. The van der Waals surface area contributed by atoms with Gasteiger partial charge >= 0.3 is 0 Å². The molecule has 18 heavy (non-hydrogen) atoms. The SMILES string of the molecule is CC1OCCC1N(C)c1ccc(C(N)=S)cc1Cl. The fourth-order valence-electron chi connectivity index (χ4n) is 2.35. The first kappa shape index (κ1) is 13.6. The van der Waals surface area contributed by atoms with Crippen LogP contribution >= 0.6 is 23.8 Å². The topological polar surface area (TPSA) is 38.5 Å². The minimum absolute atomic E-state index is 0.223. The number of likely N-dealkylation sites (N-methyl/N-ethyl adjacent to an activating group) is 1. The third kappa shape index (κ3) is 2.60. The van der Waals surface area contributed by atoms with E-state index in [1.54, 1.807) is 0 Å². The van der Waals surface area contributed by atoms with Crippen molar-refractivity contribution in [2.24, 2.45) is 5.73 Å². The van der Waals surface area contributed by atoms with E-state index in [9.17, 15) is 0 Å². The van der Waals surface area contributed by atoms with E-state index in [1.165, 1.54) is 0 Å². The molecule has 3 nitrogen and oxygen atoms in total. The Morgan fingerprint density at radius 1 is 1.56 bits per heavy atom. The van der Waals surface area contributed by atoms with E-state index in [2.05, 4.69) is 11.8 Å². The number of thiocarbonyl (C=S) groups is 1. The minimum atomic E-state index is 0.223. The van der Waals surface area contributed by atoms with E-state index in [-0.39, 0.29) is 6.10 Å². The highest BCUT2D eigenvalue weighted by atomic mass is 35.5. The predicted octanol–water partition coefficient (Wildman–Crippen LogP) is 2.59. The van der Waals surface area contributed by atoms with Crippen LogP contribution in [0, 0.1) is 0 Å². The Labute approximate surface area is 118 Å². The van der Waals surface area contributed by atoms with Gasteiger partial charge in [-0.15, -0.1) is 0 Å². The number of hydrogen-bond donors (Lipinski definition) is 1. The van der Waals surface area contributed by atoms with Crippen molar-refractivity contribution in [3.63, 3.8) is 0 Å². The van der Waals surface area contributed by atoms with Gasteiger partial charge in [0.25, 0.3) is 0 Å². The summed E-state index contributed by atoms with van der Waals surface area (Å²) in [6.45, 7) is 2.89. The zero-order chi connectivity index (χ0) is 13.3. The van der Waals surface area contributed by atoms with E-state index in [0.29, 0.717) is 16.1 Å². The molecule has 2 rings (SSSR count). The summed E-state index contributed by atoms with van der Waals surface area (Å²) in [7, 11) is 2.04. The second-order valence-electron chi connectivity index (χ2n) is 4.57. The molecule has 5 heteroatoms. The van der Waals surface area contributed by atoms with Gasteiger partial charge in [-0.1, -0.05) is 23.8 Å². The quantitative estimate of drug-likeness (QED) is 0.866. The number of ether oxygens (including phenoxy) is 1. The standard InChI is InChI=1S/C13H17ClN2OS/c1-8-11(5-6-17-8)16(2)12-4-3-9(13(15)18)7-10(12)14/h3-4,7-8,11H,5-6H2,1-2H3,(H2,15,18). The number of benzene rings is 1. The van der Waals surface area contributed by atoms with Crippen LogP contribution in [0.25, 0.3) is 0 Å². The van der Waals surface area contributed by atoms with Crippen LogP contribution in [0.5, 0.6) is 0 Å². The van der Waals surface area contributed by atoms with Crippen LogP contribution in [-0.4, -0.2) is 30.8 Å². The summed E-state index contributed by atoms with van der Waals surface area (Å²) in [6, 6.07) is 6.04. The zero-order valence-corrected chi connectivity index (χ0v) is 12.1. The maximum Gasteiger partial charge on any atom is 0.104 e. The maximum atomic E-state index is 6.30. The Balaban J connectivity index is 2.25. The van der Waals surface area contributed by atoms with Crippen LogP contribution in [0.4, 0.5) is 5.69 Å². The highest BCUT2D eigenvalue weighted by molar-refractivity contribution is 7.80. The molecule has 1 aliphatic heterocycles. The first-order chi connectivity index (χ1) is 8.50. The summed E-state index contributed by atoms with van der Waals surface area (Å²) in [5.74, 6) is 0. The summed E-state index contributed by atoms with van der Waals surface area (Å²) in [5, 5.41) is 0.668. The Morgan fingerprint density at radius 3 is 2.78 bits per heavy atom. The molecule has 0 radical (unpaired) electrons. The summed E-state index contributed by atoms with van der Waals surface area (Å²) in [5.41, 5.74) is 7.37. The molecule has 1 aliphatic rings. The summed E-state index contributed by atoms with van der Waals surface area (Å²) < 4.78 is 5.58. The van der Waals surface area contributed by atoms with Crippen LogP contribution < -0.4 is 10.6 Å². The van der Waals surface area contributed by atoms with Gasteiger partial charge in [0.05, 0.1) is 22.9 Å². The molecule has 1 fully saturated rings. The number of nitrogens with two attached hydrogens (primary N) is 1. The van der Waals surface area contributed by atoms with Gasteiger partial charge in [0.1, 0.15) is 4.99 Å². The van der Waals surface area contributed by atoms with Crippen LogP contribution in [0.1, 0.15) is 18.9 Å². The van der Waals surface area contributed by atoms with E-state index >= 15 is 0 Å². The van der Waals surface area contributed by atoms with Crippen molar-refractivity contribution in [3.8, 4) is 0 Å². The highest BCUT2D eigenvalue weighted by Gasteiger charge is 2.28. The second-order valence-corrected chi connectivity index (χ2v) is 5.42. The van der Waals surface area contributed by atoms with Crippen molar-refractivity contribution in [2.45, 2.75) is 25.5 Å². The van der Waals surface area contributed by atoms with Crippen LogP contribution in [0.15, 0.2) is 18.2 Å². The number of nitrogens with zero attached hydrogens (tertiary/aromatic N) is 1. The van der Waals surface area contributed by atoms with Crippen molar-refractivity contribution < 1.29 is 4.74 Å². The van der Waals surface area contributed by atoms with Gasteiger partial charge in [0.15, 0.2) is 0 Å². The molecule has 1 aromatic rings. The van der Waals surface area contributed by atoms with Gasteiger partial charge in [-0.25, -0.2) is 0 Å². The number of rotatable bonds is 3. The second kappa shape index (κ2) is 5.43. The Morgan fingerprint density at radius 2 is 2.28 bits per heavy atom. The third-order valence-corrected chi connectivity index (χ3v) is 3.98. The fourth-order valence-corrected chi connectivity index (χ4v) is 2.79. The van der Waals surface area contributed by atoms with Gasteiger partial charge in [-0.05, 0) is 31.5 Å². The van der Waals surface area contributed by atoms with Crippen molar-refractivity contribution in [2.75, 3.05) is 18.6 Å². The average Bonchev–Trinajstić information content (AvgIpc) is 2.74.